The van der Waals surface area contributed by atoms with E-state index < -0.39 is 0 Å². The predicted molar refractivity (Wildman–Crippen MR) is 67.7 cm³/mol. The van der Waals surface area contributed by atoms with Crippen molar-refractivity contribution >= 4 is 11.2 Å². The van der Waals surface area contributed by atoms with Gasteiger partial charge in [0, 0.05) is 19.3 Å². The van der Waals surface area contributed by atoms with E-state index in [2.05, 4.69) is 26.5 Å². The Morgan fingerprint density at radius 1 is 1.41 bits per heavy atom. The summed E-state index contributed by atoms with van der Waals surface area (Å²) in [6.45, 7) is 3.46. The number of piperidine rings is 1. The zero-order valence-corrected chi connectivity index (χ0v) is 10.2. The monoisotopic (exact) mass is 230 g/mol. The number of rotatable bonds is 2. The number of aromatic nitrogens is 3. The molecule has 1 unspecified atom stereocenters. The largest absolute Gasteiger partial charge is 0.315 e. The zero-order valence-electron chi connectivity index (χ0n) is 10.2. The third-order valence-electron chi connectivity index (χ3n) is 3.55. The van der Waals surface area contributed by atoms with Crippen LogP contribution in [-0.4, -0.2) is 39.6 Å². The van der Waals surface area contributed by atoms with Crippen molar-refractivity contribution in [2.24, 2.45) is 5.92 Å². The Labute approximate surface area is 101 Å². The lowest BCUT2D eigenvalue weighted by Gasteiger charge is -2.29. The highest BCUT2D eigenvalue weighted by Crippen LogP contribution is 2.19. The first-order valence-electron chi connectivity index (χ1n) is 6.27. The Hall–Kier alpha value is -1.42. The van der Waals surface area contributed by atoms with Crippen LogP contribution in [0.25, 0.3) is 11.2 Å². The lowest BCUT2D eigenvalue weighted by atomic mass is 9.98. The number of hydrogen-bond acceptors (Lipinski definition) is 3. The van der Waals surface area contributed by atoms with E-state index in [1.807, 2.05) is 24.7 Å². The summed E-state index contributed by atoms with van der Waals surface area (Å²) in [6.07, 6.45) is 6.39. The molecule has 2 aromatic heterocycles. The maximum atomic E-state index is 4.41. The van der Waals surface area contributed by atoms with Crippen LogP contribution in [0.5, 0.6) is 0 Å². The summed E-state index contributed by atoms with van der Waals surface area (Å²) in [7, 11) is 2.20. The lowest BCUT2D eigenvalue weighted by Crippen LogP contribution is -2.34. The Bertz CT molecular complexity index is 505. The van der Waals surface area contributed by atoms with Gasteiger partial charge < -0.3 is 9.47 Å². The Kier molecular flexibility index (Phi) is 2.81. The van der Waals surface area contributed by atoms with E-state index in [9.17, 15) is 0 Å². The molecule has 90 valence electrons. The first kappa shape index (κ1) is 10.7. The van der Waals surface area contributed by atoms with E-state index in [0.29, 0.717) is 0 Å². The molecule has 3 heterocycles. The van der Waals surface area contributed by atoms with Crippen molar-refractivity contribution in [2.75, 3.05) is 20.1 Å². The number of pyridine rings is 1. The van der Waals surface area contributed by atoms with Crippen molar-refractivity contribution in [3.05, 3.63) is 24.7 Å². The van der Waals surface area contributed by atoms with Gasteiger partial charge in [-0.05, 0) is 44.5 Å². The molecule has 0 bridgehead atoms. The molecule has 0 spiro atoms. The molecule has 0 N–H and O–H groups in total. The third-order valence-corrected chi connectivity index (χ3v) is 3.55. The number of fused-ring (bicyclic) bond motifs is 1. The maximum absolute atomic E-state index is 4.41. The average Bonchev–Trinajstić information content (AvgIpc) is 2.73. The molecule has 1 fully saturated rings. The van der Waals surface area contributed by atoms with Crippen LogP contribution in [-0.2, 0) is 6.54 Å². The third kappa shape index (κ3) is 2.17. The highest BCUT2D eigenvalue weighted by molar-refractivity contribution is 5.69. The minimum absolute atomic E-state index is 0.730. The van der Waals surface area contributed by atoms with Crippen molar-refractivity contribution in [1.82, 2.24) is 19.4 Å². The highest BCUT2D eigenvalue weighted by atomic mass is 15.1. The second-order valence-corrected chi connectivity index (χ2v) is 5.01. The minimum Gasteiger partial charge on any atom is -0.315 e. The molecule has 4 heteroatoms. The summed E-state index contributed by atoms with van der Waals surface area (Å²) in [6, 6.07) is 3.96. The van der Waals surface area contributed by atoms with Gasteiger partial charge in [-0.1, -0.05) is 0 Å². The van der Waals surface area contributed by atoms with Gasteiger partial charge in [0.25, 0.3) is 0 Å². The number of hydrogen-bond donors (Lipinski definition) is 0. The average molecular weight is 230 g/mol. The van der Waals surface area contributed by atoms with Crippen LogP contribution in [0, 0.1) is 5.92 Å². The SMILES string of the molecule is CN1CCCC(Cn2cnc3cccnc32)C1. The summed E-state index contributed by atoms with van der Waals surface area (Å²) in [4.78, 5) is 11.2. The van der Waals surface area contributed by atoms with E-state index >= 15 is 0 Å². The quantitative estimate of drug-likeness (QED) is 0.788. The molecule has 0 radical (unpaired) electrons. The van der Waals surface area contributed by atoms with Gasteiger partial charge >= 0.3 is 0 Å². The molecule has 1 aliphatic rings. The van der Waals surface area contributed by atoms with Gasteiger partial charge in [0.1, 0.15) is 5.52 Å². The number of imidazole rings is 1. The van der Waals surface area contributed by atoms with Crippen LogP contribution < -0.4 is 0 Å². The number of likely N-dealkylation sites (tertiary alicyclic amines) is 1. The highest BCUT2D eigenvalue weighted by Gasteiger charge is 2.18. The van der Waals surface area contributed by atoms with Crippen molar-refractivity contribution in [3.8, 4) is 0 Å². The second kappa shape index (κ2) is 4.45. The van der Waals surface area contributed by atoms with E-state index in [-0.39, 0.29) is 0 Å². The molecule has 0 saturated carbocycles. The van der Waals surface area contributed by atoms with Crippen molar-refractivity contribution < 1.29 is 0 Å². The molecule has 4 nitrogen and oxygen atoms in total. The Morgan fingerprint density at radius 3 is 3.24 bits per heavy atom. The number of nitrogens with zero attached hydrogens (tertiary/aromatic N) is 4. The summed E-state index contributed by atoms with van der Waals surface area (Å²) >= 11 is 0. The van der Waals surface area contributed by atoms with Crippen molar-refractivity contribution in [1.29, 1.82) is 0 Å². The second-order valence-electron chi connectivity index (χ2n) is 5.01. The molecule has 1 aliphatic heterocycles. The van der Waals surface area contributed by atoms with E-state index in [4.69, 9.17) is 0 Å². The molecule has 17 heavy (non-hydrogen) atoms. The molecule has 3 rings (SSSR count). The topological polar surface area (TPSA) is 34.0 Å². The van der Waals surface area contributed by atoms with Crippen LogP contribution >= 0.6 is 0 Å². The molecule has 1 saturated heterocycles. The summed E-state index contributed by atoms with van der Waals surface area (Å²) in [5.41, 5.74) is 2.01. The van der Waals surface area contributed by atoms with E-state index in [1.54, 1.807) is 0 Å². The molecule has 1 atom stereocenters. The standard InChI is InChI=1S/C13H18N4/c1-16-7-3-4-11(8-16)9-17-10-15-12-5-2-6-14-13(12)17/h2,5-6,10-11H,3-4,7-9H2,1H3. The summed E-state index contributed by atoms with van der Waals surface area (Å²) in [5.74, 6) is 0.730. The van der Waals surface area contributed by atoms with Gasteiger partial charge in [0.2, 0.25) is 0 Å². The molecule has 0 aromatic carbocycles. The van der Waals surface area contributed by atoms with Gasteiger partial charge in [-0.3, -0.25) is 0 Å². The fourth-order valence-corrected chi connectivity index (χ4v) is 2.73. The normalized spacial score (nSPS) is 22.1. The van der Waals surface area contributed by atoms with Gasteiger partial charge in [-0.2, -0.15) is 0 Å². The zero-order chi connectivity index (χ0) is 11.7. The Morgan fingerprint density at radius 2 is 2.35 bits per heavy atom. The van der Waals surface area contributed by atoms with Crippen LogP contribution in [0.3, 0.4) is 0 Å². The molecule has 2 aromatic rings. The van der Waals surface area contributed by atoms with Crippen molar-refractivity contribution in [2.45, 2.75) is 19.4 Å². The smallest absolute Gasteiger partial charge is 0.159 e. The first-order chi connectivity index (χ1) is 8.33. The molecule has 0 aliphatic carbocycles. The fraction of sp³-hybridized carbons (Fsp3) is 0.538. The summed E-state index contributed by atoms with van der Waals surface area (Å²) in [5, 5.41) is 0. The van der Waals surface area contributed by atoms with Gasteiger partial charge in [0.05, 0.1) is 6.33 Å². The maximum Gasteiger partial charge on any atom is 0.159 e. The lowest BCUT2D eigenvalue weighted by molar-refractivity contribution is 0.195. The Balaban J connectivity index is 1.80. The minimum atomic E-state index is 0.730. The molecular weight excluding hydrogens is 212 g/mol. The van der Waals surface area contributed by atoms with Crippen LogP contribution in [0.2, 0.25) is 0 Å². The van der Waals surface area contributed by atoms with E-state index in [1.165, 1.54) is 25.9 Å². The molecule has 0 amide bonds. The molecular formula is C13H18N4. The fourth-order valence-electron chi connectivity index (χ4n) is 2.73. The van der Waals surface area contributed by atoms with Crippen LogP contribution in [0.15, 0.2) is 24.7 Å². The van der Waals surface area contributed by atoms with Crippen molar-refractivity contribution in [3.63, 3.8) is 0 Å². The van der Waals surface area contributed by atoms with Gasteiger partial charge in [-0.15, -0.1) is 0 Å². The van der Waals surface area contributed by atoms with Crippen LogP contribution in [0.4, 0.5) is 0 Å². The summed E-state index contributed by atoms with van der Waals surface area (Å²) < 4.78 is 2.19. The predicted octanol–water partition coefficient (Wildman–Crippen LogP) is 1.77. The van der Waals surface area contributed by atoms with Gasteiger partial charge in [0.15, 0.2) is 5.65 Å². The van der Waals surface area contributed by atoms with E-state index in [0.717, 1.165) is 23.6 Å². The first-order valence-corrected chi connectivity index (χ1v) is 6.27. The van der Waals surface area contributed by atoms with Gasteiger partial charge in [-0.25, -0.2) is 9.97 Å². The van der Waals surface area contributed by atoms with Crippen LogP contribution in [0.1, 0.15) is 12.8 Å².